The number of nitrogens with one attached hydrogen (secondary N) is 2. The number of ether oxygens (including phenoxy) is 1. The topological polar surface area (TPSA) is 68.2 Å². The van der Waals surface area contributed by atoms with Crippen molar-refractivity contribution >= 4 is 45.5 Å². The Morgan fingerprint density at radius 2 is 1.89 bits per heavy atom. The second kappa shape index (κ2) is 8.53. The number of hydrogen-bond donors (Lipinski definition) is 2. The highest BCUT2D eigenvalue weighted by atomic mass is 32.1. The minimum Gasteiger partial charge on any atom is -0.465 e. The second-order valence-corrected chi connectivity index (χ2v) is 8.08. The average Bonchev–Trinajstić information content (AvgIpc) is 3.20. The van der Waals surface area contributed by atoms with Crippen LogP contribution in [-0.2, 0) is 11.3 Å². The van der Waals surface area contributed by atoms with Crippen molar-refractivity contribution in [3.8, 4) is 0 Å². The molecule has 6 nitrogen and oxygen atoms in total. The number of esters is 1. The van der Waals surface area contributed by atoms with Gasteiger partial charge in [-0.2, -0.15) is 5.10 Å². The number of nitrogens with zero attached hydrogens (tertiary/aromatic N) is 2. The smallest absolute Gasteiger partial charge is 0.341 e. The first kappa shape index (κ1) is 20.0. The van der Waals surface area contributed by atoms with Crippen molar-refractivity contribution in [3.05, 3.63) is 63.7 Å². The van der Waals surface area contributed by atoms with Gasteiger partial charge in [-0.1, -0.05) is 29.8 Å². The van der Waals surface area contributed by atoms with Gasteiger partial charge in [0.05, 0.1) is 19.2 Å². The summed E-state index contributed by atoms with van der Waals surface area (Å²) in [6, 6.07) is 10.2. The fourth-order valence-electron chi connectivity index (χ4n) is 2.71. The lowest BCUT2D eigenvalue weighted by Crippen LogP contribution is -2.20. The van der Waals surface area contributed by atoms with Crippen molar-refractivity contribution in [2.45, 2.75) is 27.3 Å². The summed E-state index contributed by atoms with van der Waals surface area (Å²) < 4.78 is 6.73. The maximum Gasteiger partial charge on any atom is 0.341 e. The Hall–Kier alpha value is -2.71. The van der Waals surface area contributed by atoms with Crippen molar-refractivity contribution < 1.29 is 9.53 Å². The number of rotatable bonds is 5. The van der Waals surface area contributed by atoms with Crippen molar-refractivity contribution in [3.63, 3.8) is 0 Å². The normalized spacial score (nSPS) is 10.6. The average molecular weight is 415 g/mol. The van der Waals surface area contributed by atoms with E-state index < -0.39 is 0 Å². The molecule has 0 atom stereocenters. The van der Waals surface area contributed by atoms with Gasteiger partial charge in [0.15, 0.2) is 10.9 Å². The number of thiophene rings is 1. The van der Waals surface area contributed by atoms with Gasteiger partial charge >= 0.3 is 5.97 Å². The highest BCUT2D eigenvalue weighted by Crippen LogP contribution is 2.33. The number of anilines is 2. The van der Waals surface area contributed by atoms with Gasteiger partial charge in [0.25, 0.3) is 0 Å². The molecule has 1 aromatic carbocycles. The van der Waals surface area contributed by atoms with E-state index >= 15 is 0 Å². The highest BCUT2D eigenvalue weighted by Gasteiger charge is 2.20. The first-order valence-corrected chi connectivity index (χ1v) is 9.95. The molecule has 28 heavy (non-hydrogen) atoms. The van der Waals surface area contributed by atoms with Crippen molar-refractivity contribution in [2.75, 3.05) is 17.7 Å². The third-order valence-electron chi connectivity index (χ3n) is 4.35. The van der Waals surface area contributed by atoms with Gasteiger partial charge in [0.1, 0.15) is 5.00 Å². The van der Waals surface area contributed by atoms with Crippen LogP contribution in [0.4, 0.5) is 10.8 Å². The predicted octanol–water partition coefficient (Wildman–Crippen LogP) is 4.51. The summed E-state index contributed by atoms with van der Waals surface area (Å²) in [6.45, 7) is 6.60. The Morgan fingerprint density at radius 3 is 2.57 bits per heavy atom. The van der Waals surface area contributed by atoms with Gasteiger partial charge in [0.2, 0.25) is 0 Å². The molecule has 2 heterocycles. The summed E-state index contributed by atoms with van der Waals surface area (Å²) in [5.74, 6) is 0.253. The molecule has 146 valence electrons. The number of carbonyl (C=O) groups excluding carboxylic acids is 1. The number of aromatic nitrogens is 2. The first-order chi connectivity index (χ1) is 13.4. The van der Waals surface area contributed by atoms with Crippen LogP contribution >= 0.6 is 23.6 Å². The molecule has 0 amide bonds. The molecular weight excluding hydrogens is 392 g/mol. The van der Waals surface area contributed by atoms with E-state index in [1.54, 1.807) is 0 Å². The van der Waals surface area contributed by atoms with Gasteiger partial charge in [-0.3, -0.25) is 4.68 Å². The van der Waals surface area contributed by atoms with Gasteiger partial charge < -0.3 is 15.4 Å². The number of carbonyl (C=O) groups is 1. The van der Waals surface area contributed by atoms with E-state index in [1.807, 2.05) is 30.8 Å². The standard InChI is InChI=1S/C20H22N4O2S2/c1-12-5-7-15(8-6-12)11-24-10-9-16(23-24)21-20(27)22-18-17(19(25)26-4)13(2)14(3)28-18/h5-10H,11H2,1-4H3,(H2,21,22,23,27). The van der Waals surface area contributed by atoms with E-state index in [0.717, 1.165) is 10.4 Å². The summed E-state index contributed by atoms with van der Waals surface area (Å²) in [5, 5.41) is 11.7. The quantitative estimate of drug-likeness (QED) is 0.473. The third-order valence-corrected chi connectivity index (χ3v) is 5.68. The summed E-state index contributed by atoms with van der Waals surface area (Å²) in [5.41, 5.74) is 3.81. The minimum absolute atomic E-state index is 0.368. The Labute approximate surface area is 173 Å². The van der Waals surface area contributed by atoms with Crippen LogP contribution in [0.15, 0.2) is 36.5 Å². The van der Waals surface area contributed by atoms with Crippen LogP contribution in [-0.4, -0.2) is 28.0 Å². The molecular formula is C20H22N4O2S2. The molecule has 0 saturated heterocycles. The van der Waals surface area contributed by atoms with Crippen molar-refractivity contribution in [1.82, 2.24) is 9.78 Å². The first-order valence-electron chi connectivity index (χ1n) is 8.72. The maximum atomic E-state index is 12.1. The Morgan fingerprint density at radius 1 is 1.18 bits per heavy atom. The van der Waals surface area contributed by atoms with Crippen LogP contribution in [0.5, 0.6) is 0 Å². The number of hydrogen-bond acceptors (Lipinski definition) is 5. The zero-order valence-corrected chi connectivity index (χ0v) is 17.8. The van der Waals surface area contributed by atoms with E-state index in [1.165, 1.54) is 29.6 Å². The predicted molar refractivity (Wildman–Crippen MR) is 117 cm³/mol. The van der Waals surface area contributed by atoms with E-state index in [4.69, 9.17) is 17.0 Å². The van der Waals surface area contributed by atoms with E-state index in [-0.39, 0.29) is 5.97 Å². The van der Waals surface area contributed by atoms with Crippen LogP contribution in [0, 0.1) is 20.8 Å². The second-order valence-electron chi connectivity index (χ2n) is 6.44. The monoisotopic (exact) mass is 414 g/mol. The molecule has 8 heteroatoms. The molecule has 0 bridgehead atoms. The van der Waals surface area contributed by atoms with E-state index in [2.05, 4.69) is 46.9 Å². The molecule has 0 radical (unpaired) electrons. The molecule has 2 N–H and O–H groups in total. The Bertz CT molecular complexity index is 1010. The van der Waals surface area contributed by atoms with E-state index in [0.29, 0.717) is 28.0 Å². The van der Waals surface area contributed by atoms with Crippen molar-refractivity contribution in [1.29, 1.82) is 0 Å². The maximum absolute atomic E-state index is 12.1. The minimum atomic E-state index is -0.380. The van der Waals surface area contributed by atoms with Gasteiger partial charge in [-0.05, 0) is 44.1 Å². The van der Waals surface area contributed by atoms with Crippen LogP contribution in [0.25, 0.3) is 0 Å². The van der Waals surface area contributed by atoms with Crippen LogP contribution in [0.3, 0.4) is 0 Å². The van der Waals surface area contributed by atoms with Crippen LogP contribution < -0.4 is 10.6 Å². The lowest BCUT2D eigenvalue weighted by molar-refractivity contribution is 0.0601. The molecule has 3 rings (SSSR count). The molecule has 0 aliphatic rings. The molecule has 0 saturated carbocycles. The lowest BCUT2D eigenvalue weighted by atomic mass is 10.1. The highest BCUT2D eigenvalue weighted by molar-refractivity contribution is 7.80. The molecule has 0 fully saturated rings. The number of benzene rings is 1. The molecule has 2 aromatic heterocycles. The fraction of sp³-hybridized carbons (Fsp3) is 0.250. The largest absolute Gasteiger partial charge is 0.465 e. The SMILES string of the molecule is COC(=O)c1c(NC(=S)Nc2ccn(Cc3ccc(C)cc3)n2)sc(C)c1C. The Kier molecular flexibility index (Phi) is 6.11. The van der Waals surface area contributed by atoms with Gasteiger partial charge in [0, 0.05) is 17.1 Å². The molecule has 0 aliphatic heterocycles. The lowest BCUT2D eigenvalue weighted by Gasteiger charge is -2.09. The van der Waals surface area contributed by atoms with Gasteiger partial charge in [-0.25, -0.2) is 4.79 Å². The zero-order valence-electron chi connectivity index (χ0n) is 16.2. The molecule has 3 aromatic rings. The summed E-state index contributed by atoms with van der Waals surface area (Å²) in [6.07, 6.45) is 1.89. The molecule has 0 unspecified atom stereocenters. The van der Waals surface area contributed by atoms with E-state index in [9.17, 15) is 4.79 Å². The van der Waals surface area contributed by atoms with Crippen LogP contribution in [0.1, 0.15) is 31.9 Å². The number of thiocarbonyl (C=S) groups is 1. The number of aryl methyl sites for hydroxylation is 2. The molecule has 0 aliphatic carbocycles. The summed E-state index contributed by atoms with van der Waals surface area (Å²) in [4.78, 5) is 13.1. The Balaban J connectivity index is 1.66. The van der Waals surface area contributed by atoms with Gasteiger partial charge in [-0.15, -0.1) is 11.3 Å². The van der Waals surface area contributed by atoms with Crippen LogP contribution in [0.2, 0.25) is 0 Å². The fourth-order valence-corrected chi connectivity index (χ4v) is 4.03. The summed E-state index contributed by atoms with van der Waals surface area (Å²) in [7, 11) is 1.37. The zero-order chi connectivity index (χ0) is 20.3. The number of methoxy groups -OCH3 is 1. The molecule has 0 spiro atoms. The third kappa shape index (κ3) is 4.58. The summed E-state index contributed by atoms with van der Waals surface area (Å²) >= 11 is 6.86. The van der Waals surface area contributed by atoms with Crippen molar-refractivity contribution in [2.24, 2.45) is 0 Å².